The van der Waals surface area contributed by atoms with Gasteiger partial charge in [0.05, 0.1) is 19.3 Å². The Labute approximate surface area is 106 Å². The summed E-state index contributed by atoms with van der Waals surface area (Å²) in [7, 11) is 0. The van der Waals surface area contributed by atoms with Crippen LogP contribution in [-0.2, 0) is 19.5 Å². The molecular formula is C12H19N5O. The van der Waals surface area contributed by atoms with Gasteiger partial charge in [0.15, 0.2) is 0 Å². The third kappa shape index (κ3) is 3.97. The number of aromatic nitrogens is 4. The second-order valence-electron chi connectivity index (χ2n) is 4.15. The minimum absolute atomic E-state index is 0.123. The van der Waals surface area contributed by atoms with E-state index in [1.165, 1.54) is 0 Å². The van der Waals surface area contributed by atoms with Crippen LogP contribution in [0.5, 0.6) is 0 Å². The number of aromatic amines is 1. The molecule has 0 amide bonds. The summed E-state index contributed by atoms with van der Waals surface area (Å²) in [4.78, 5) is 7.26. The molecule has 98 valence electrons. The number of H-pyrrole nitrogens is 1. The molecule has 6 nitrogen and oxygen atoms in total. The molecule has 0 radical (unpaired) electrons. The largest absolute Gasteiger partial charge is 0.394 e. The minimum atomic E-state index is 0.123. The molecule has 2 rings (SSSR count). The summed E-state index contributed by atoms with van der Waals surface area (Å²) in [6.45, 7) is 2.44. The van der Waals surface area contributed by atoms with Crippen LogP contribution in [0.4, 0.5) is 0 Å². The molecule has 0 bridgehead atoms. The van der Waals surface area contributed by atoms with Gasteiger partial charge in [0.1, 0.15) is 5.82 Å². The summed E-state index contributed by atoms with van der Waals surface area (Å²) in [5, 5.41) is 16.3. The van der Waals surface area contributed by atoms with Gasteiger partial charge in [0.2, 0.25) is 0 Å². The topological polar surface area (TPSA) is 78.8 Å². The molecule has 0 spiro atoms. The minimum Gasteiger partial charge on any atom is -0.394 e. The van der Waals surface area contributed by atoms with Gasteiger partial charge in [-0.1, -0.05) is 0 Å². The molecule has 0 saturated carbocycles. The van der Waals surface area contributed by atoms with Crippen molar-refractivity contribution in [2.75, 3.05) is 13.2 Å². The second kappa shape index (κ2) is 6.93. The fourth-order valence-corrected chi connectivity index (χ4v) is 1.77. The van der Waals surface area contributed by atoms with Gasteiger partial charge in [-0.3, -0.25) is 4.68 Å². The van der Waals surface area contributed by atoms with Gasteiger partial charge in [-0.25, -0.2) is 4.98 Å². The highest BCUT2D eigenvalue weighted by Gasteiger charge is 1.98. The van der Waals surface area contributed by atoms with E-state index < -0.39 is 0 Å². The normalized spacial score (nSPS) is 10.9. The standard InChI is InChI=1S/C12H19N5O/c18-7-6-17-10-11(9-16-17)8-13-3-1-2-12-14-4-5-15-12/h4-5,9-10,13,18H,1-3,6-8H2,(H,14,15). The maximum Gasteiger partial charge on any atom is 0.106 e. The van der Waals surface area contributed by atoms with Crippen LogP contribution in [0.15, 0.2) is 24.8 Å². The summed E-state index contributed by atoms with van der Waals surface area (Å²) in [5.41, 5.74) is 1.14. The molecule has 2 aromatic rings. The molecule has 2 heterocycles. The van der Waals surface area contributed by atoms with Crippen molar-refractivity contribution in [1.29, 1.82) is 0 Å². The Hall–Kier alpha value is -1.66. The van der Waals surface area contributed by atoms with E-state index in [9.17, 15) is 0 Å². The lowest BCUT2D eigenvalue weighted by atomic mass is 10.3. The van der Waals surface area contributed by atoms with Crippen LogP contribution >= 0.6 is 0 Å². The number of nitrogens with zero attached hydrogens (tertiary/aromatic N) is 3. The van der Waals surface area contributed by atoms with Gasteiger partial charge in [0.25, 0.3) is 0 Å². The SMILES string of the molecule is OCCn1cc(CNCCCc2ncc[nH]2)cn1. The first-order valence-corrected chi connectivity index (χ1v) is 6.19. The van der Waals surface area contributed by atoms with E-state index in [0.29, 0.717) is 6.54 Å². The van der Waals surface area contributed by atoms with Crippen molar-refractivity contribution in [2.45, 2.75) is 25.9 Å². The number of nitrogens with one attached hydrogen (secondary N) is 2. The van der Waals surface area contributed by atoms with Gasteiger partial charge in [-0.15, -0.1) is 0 Å². The third-order valence-electron chi connectivity index (χ3n) is 2.67. The van der Waals surface area contributed by atoms with E-state index in [1.807, 2.05) is 18.6 Å². The first-order valence-electron chi connectivity index (χ1n) is 6.19. The van der Waals surface area contributed by atoms with E-state index in [-0.39, 0.29) is 6.61 Å². The van der Waals surface area contributed by atoms with Crippen LogP contribution in [0.25, 0.3) is 0 Å². The number of imidazole rings is 1. The summed E-state index contributed by atoms with van der Waals surface area (Å²) in [6, 6.07) is 0. The number of hydrogen-bond acceptors (Lipinski definition) is 4. The van der Waals surface area contributed by atoms with Crippen LogP contribution in [0.3, 0.4) is 0 Å². The number of rotatable bonds is 8. The summed E-state index contributed by atoms with van der Waals surface area (Å²) in [6.07, 6.45) is 9.42. The maximum absolute atomic E-state index is 8.78. The molecular weight excluding hydrogens is 230 g/mol. The average molecular weight is 249 g/mol. The van der Waals surface area contributed by atoms with Crippen LogP contribution in [-0.4, -0.2) is 38.0 Å². The summed E-state index contributed by atoms with van der Waals surface area (Å²) >= 11 is 0. The van der Waals surface area contributed by atoms with E-state index in [4.69, 9.17) is 5.11 Å². The second-order valence-corrected chi connectivity index (χ2v) is 4.15. The van der Waals surface area contributed by atoms with Crippen molar-refractivity contribution in [3.63, 3.8) is 0 Å². The van der Waals surface area contributed by atoms with Crippen molar-refractivity contribution in [3.05, 3.63) is 36.2 Å². The quantitative estimate of drug-likeness (QED) is 0.589. The van der Waals surface area contributed by atoms with Crippen LogP contribution in [0.2, 0.25) is 0 Å². The Morgan fingerprint density at radius 2 is 2.39 bits per heavy atom. The molecule has 0 fully saturated rings. The van der Waals surface area contributed by atoms with Gasteiger partial charge in [-0.05, 0) is 13.0 Å². The molecule has 2 aromatic heterocycles. The van der Waals surface area contributed by atoms with Crippen LogP contribution < -0.4 is 5.32 Å². The Morgan fingerprint density at radius 3 is 3.17 bits per heavy atom. The molecule has 0 atom stereocenters. The Kier molecular flexibility index (Phi) is 4.92. The molecule has 0 aliphatic heterocycles. The average Bonchev–Trinajstić information content (AvgIpc) is 3.01. The first-order chi connectivity index (χ1) is 8.88. The smallest absolute Gasteiger partial charge is 0.106 e. The molecule has 18 heavy (non-hydrogen) atoms. The Bertz CT molecular complexity index is 437. The highest BCUT2D eigenvalue weighted by Crippen LogP contribution is 1.98. The van der Waals surface area contributed by atoms with E-state index in [2.05, 4.69) is 20.4 Å². The fourth-order valence-electron chi connectivity index (χ4n) is 1.77. The van der Waals surface area contributed by atoms with Crippen molar-refractivity contribution in [1.82, 2.24) is 25.1 Å². The lowest BCUT2D eigenvalue weighted by molar-refractivity contribution is 0.269. The molecule has 0 aliphatic carbocycles. The number of hydrogen-bond donors (Lipinski definition) is 3. The molecule has 6 heteroatoms. The van der Waals surface area contributed by atoms with Gasteiger partial charge >= 0.3 is 0 Å². The lowest BCUT2D eigenvalue weighted by Crippen LogP contribution is -2.15. The highest BCUT2D eigenvalue weighted by molar-refractivity contribution is 5.03. The molecule has 0 unspecified atom stereocenters. The van der Waals surface area contributed by atoms with E-state index in [1.54, 1.807) is 10.9 Å². The number of aryl methyl sites for hydroxylation is 1. The van der Waals surface area contributed by atoms with E-state index >= 15 is 0 Å². The molecule has 0 saturated heterocycles. The zero-order chi connectivity index (χ0) is 12.6. The van der Waals surface area contributed by atoms with Crippen LogP contribution in [0, 0.1) is 0 Å². The monoisotopic (exact) mass is 249 g/mol. The summed E-state index contributed by atoms with van der Waals surface area (Å²) < 4.78 is 1.75. The Morgan fingerprint density at radius 1 is 1.44 bits per heavy atom. The molecule has 0 aromatic carbocycles. The van der Waals surface area contributed by atoms with Gasteiger partial charge in [-0.2, -0.15) is 5.10 Å². The van der Waals surface area contributed by atoms with Crippen molar-refractivity contribution < 1.29 is 5.11 Å². The zero-order valence-corrected chi connectivity index (χ0v) is 10.3. The maximum atomic E-state index is 8.78. The lowest BCUT2D eigenvalue weighted by Gasteiger charge is -2.01. The number of aliphatic hydroxyl groups is 1. The predicted octanol–water partition coefficient (Wildman–Crippen LogP) is 0.321. The van der Waals surface area contributed by atoms with Crippen LogP contribution in [0.1, 0.15) is 17.8 Å². The summed E-state index contributed by atoms with van der Waals surface area (Å²) in [5.74, 6) is 1.03. The number of aliphatic hydroxyl groups excluding tert-OH is 1. The highest BCUT2D eigenvalue weighted by atomic mass is 16.3. The zero-order valence-electron chi connectivity index (χ0n) is 10.3. The first kappa shape index (κ1) is 12.8. The van der Waals surface area contributed by atoms with Crippen molar-refractivity contribution in [3.8, 4) is 0 Å². The Balaban J connectivity index is 1.59. The third-order valence-corrected chi connectivity index (χ3v) is 2.67. The fraction of sp³-hybridized carbons (Fsp3) is 0.500. The molecule has 3 N–H and O–H groups in total. The van der Waals surface area contributed by atoms with Gasteiger partial charge in [0, 0.05) is 37.1 Å². The van der Waals surface area contributed by atoms with Gasteiger partial charge < -0.3 is 15.4 Å². The molecule has 0 aliphatic rings. The van der Waals surface area contributed by atoms with Crippen molar-refractivity contribution in [2.24, 2.45) is 0 Å². The predicted molar refractivity (Wildman–Crippen MR) is 67.9 cm³/mol. The van der Waals surface area contributed by atoms with E-state index in [0.717, 1.165) is 37.3 Å². The van der Waals surface area contributed by atoms with Crippen molar-refractivity contribution >= 4 is 0 Å².